The van der Waals surface area contributed by atoms with Crippen molar-refractivity contribution < 1.29 is 19.1 Å². The van der Waals surface area contributed by atoms with Crippen LogP contribution in [0.1, 0.15) is 35.5 Å². The first-order chi connectivity index (χ1) is 14.5. The van der Waals surface area contributed by atoms with Gasteiger partial charge in [0.05, 0.1) is 22.8 Å². The number of nitrogens with zero attached hydrogens (tertiary/aromatic N) is 2. The second-order valence-electron chi connectivity index (χ2n) is 6.21. The number of hydrogen-bond acceptors (Lipinski definition) is 8. The highest BCUT2D eigenvalue weighted by atomic mass is 32.2. The minimum absolute atomic E-state index is 0.0318. The van der Waals surface area contributed by atoms with E-state index in [9.17, 15) is 14.4 Å². The lowest BCUT2D eigenvalue weighted by atomic mass is 10.2. The molecule has 1 unspecified atom stereocenters. The molecule has 0 spiro atoms. The summed E-state index contributed by atoms with van der Waals surface area (Å²) in [6.07, 6.45) is 0.0318. The van der Waals surface area contributed by atoms with Crippen LogP contribution in [0.2, 0.25) is 0 Å². The summed E-state index contributed by atoms with van der Waals surface area (Å²) in [5, 5.41) is 15.2. The van der Waals surface area contributed by atoms with Crippen LogP contribution in [-0.2, 0) is 14.3 Å². The molecule has 2 N–H and O–H groups in total. The number of carbonyl (C=O) groups excluding carboxylic acids is 3. The standard InChI is InChI=1S/C20H20N4O4S2/c1-3-28-19(27)13-6-8-14(9-7-13)21-18(26)16-11-17(25)22-20(30-16)24-23-12(2)15-5-4-10-29-15/h4-10,16H,3,11H2,1-2H3,(H,21,26)(H,22,24,25)/b23-12+. The molecule has 1 saturated heterocycles. The lowest BCUT2D eigenvalue weighted by Crippen LogP contribution is -2.41. The number of thiophene rings is 1. The van der Waals surface area contributed by atoms with Crippen molar-refractivity contribution >= 4 is 57.4 Å². The molecule has 0 saturated carbocycles. The van der Waals surface area contributed by atoms with Gasteiger partial charge in [0, 0.05) is 12.1 Å². The van der Waals surface area contributed by atoms with E-state index in [0.717, 1.165) is 22.4 Å². The number of ether oxygens (including phenoxy) is 1. The Kier molecular flexibility index (Phi) is 7.36. The Morgan fingerprint density at radius 1 is 1.27 bits per heavy atom. The third kappa shape index (κ3) is 5.77. The van der Waals surface area contributed by atoms with E-state index in [4.69, 9.17) is 4.74 Å². The second kappa shape index (κ2) is 10.2. The van der Waals surface area contributed by atoms with E-state index < -0.39 is 11.2 Å². The Bertz CT molecular complexity index is 985. The number of amidine groups is 1. The number of anilines is 1. The van der Waals surface area contributed by atoms with E-state index in [1.54, 1.807) is 42.5 Å². The van der Waals surface area contributed by atoms with Gasteiger partial charge in [0.2, 0.25) is 11.8 Å². The molecular formula is C20H20N4O4S2. The summed E-state index contributed by atoms with van der Waals surface area (Å²) in [6.45, 7) is 3.85. The molecule has 2 amide bonds. The number of thioether (sulfide) groups is 1. The predicted octanol–water partition coefficient (Wildman–Crippen LogP) is 3.27. The molecule has 0 radical (unpaired) electrons. The van der Waals surface area contributed by atoms with Crippen LogP contribution in [0, 0.1) is 0 Å². The minimum atomic E-state index is -0.639. The van der Waals surface area contributed by atoms with E-state index in [0.29, 0.717) is 17.9 Å². The molecule has 0 bridgehead atoms. The smallest absolute Gasteiger partial charge is 0.338 e. The lowest BCUT2D eigenvalue weighted by Gasteiger charge is -2.21. The molecule has 1 atom stereocenters. The largest absolute Gasteiger partial charge is 0.462 e. The van der Waals surface area contributed by atoms with Crippen molar-refractivity contribution in [1.82, 2.24) is 5.32 Å². The number of nitrogens with one attached hydrogen (secondary N) is 2. The number of carbonyl (C=O) groups is 3. The molecule has 1 aliphatic rings. The van der Waals surface area contributed by atoms with Gasteiger partial charge >= 0.3 is 5.97 Å². The summed E-state index contributed by atoms with van der Waals surface area (Å²) in [5.41, 5.74) is 1.64. The van der Waals surface area contributed by atoms with Gasteiger partial charge < -0.3 is 15.4 Å². The molecule has 30 heavy (non-hydrogen) atoms. The molecule has 156 valence electrons. The molecule has 2 heterocycles. The fourth-order valence-corrected chi connectivity index (χ4v) is 4.12. The summed E-state index contributed by atoms with van der Waals surface area (Å²) < 4.78 is 4.93. The number of hydrogen-bond donors (Lipinski definition) is 2. The maximum atomic E-state index is 12.6. The zero-order valence-electron chi connectivity index (χ0n) is 16.4. The summed E-state index contributed by atoms with van der Waals surface area (Å²) in [6, 6.07) is 10.2. The van der Waals surface area contributed by atoms with Gasteiger partial charge in [-0.2, -0.15) is 5.10 Å². The summed E-state index contributed by atoms with van der Waals surface area (Å²) in [4.78, 5) is 37.3. The highest BCUT2D eigenvalue weighted by Crippen LogP contribution is 2.23. The first-order valence-corrected chi connectivity index (χ1v) is 10.9. The van der Waals surface area contributed by atoms with E-state index >= 15 is 0 Å². The van der Waals surface area contributed by atoms with Crippen LogP contribution < -0.4 is 10.6 Å². The molecular weight excluding hydrogens is 424 g/mol. The first-order valence-electron chi connectivity index (χ1n) is 9.17. The van der Waals surface area contributed by atoms with Crippen LogP contribution in [-0.4, -0.2) is 40.5 Å². The zero-order valence-corrected chi connectivity index (χ0v) is 18.0. The van der Waals surface area contributed by atoms with Gasteiger partial charge in [-0.25, -0.2) is 4.79 Å². The van der Waals surface area contributed by atoms with Crippen molar-refractivity contribution in [2.45, 2.75) is 25.5 Å². The number of amides is 2. The normalized spacial score (nSPS) is 18.1. The fraction of sp³-hybridized carbons (Fsp3) is 0.250. The van der Waals surface area contributed by atoms with Crippen molar-refractivity contribution in [3.8, 4) is 0 Å². The summed E-state index contributed by atoms with van der Waals surface area (Å²) in [7, 11) is 0. The Labute approximate surface area is 181 Å². The van der Waals surface area contributed by atoms with Gasteiger partial charge in [-0.3, -0.25) is 9.59 Å². The van der Waals surface area contributed by atoms with Gasteiger partial charge in [0.1, 0.15) is 5.25 Å². The Balaban J connectivity index is 1.64. The SMILES string of the molecule is CCOC(=O)c1ccc(NC(=O)C2CC(=O)N/C(=N\N=C(/C)c3cccs3)S2)cc1. The van der Waals surface area contributed by atoms with E-state index in [1.807, 2.05) is 24.4 Å². The van der Waals surface area contributed by atoms with E-state index in [2.05, 4.69) is 20.8 Å². The maximum absolute atomic E-state index is 12.6. The van der Waals surface area contributed by atoms with E-state index in [1.165, 1.54) is 0 Å². The minimum Gasteiger partial charge on any atom is -0.462 e. The molecule has 3 rings (SSSR count). The van der Waals surface area contributed by atoms with Gasteiger partial charge in [0.25, 0.3) is 0 Å². The number of esters is 1. The fourth-order valence-electron chi connectivity index (χ4n) is 2.52. The van der Waals surface area contributed by atoms with Crippen LogP contribution >= 0.6 is 23.1 Å². The Morgan fingerprint density at radius 3 is 2.70 bits per heavy atom. The average molecular weight is 445 g/mol. The van der Waals surface area contributed by atoms with Crippen LogP contribution in [0.3, 0.4) is 0 Å². The second-order valence-corrected chi connectivity index (χ2v) is 8.35. The Hall–Kier alpha value is -2.98. The van der Waals surface area contributed by atoms with Crippen molar-refractivity contribution in [2.75, 3.05) is 11.9 Å². The maximum Gasteiger partial charge on any atom is 0.338 e. The molecule has 1 fully saturated rings. The molecule has 2 aromatic rings. The Morgan fingerprint density at radius 2 is 2.03 bits per heavy atom. The predicted molar refractivity (Wildman–Crippen MR) is 119 cm³/mol. The molecule has 0 aliphatic carbocycles. The molecule has 1 aliphatic heterocycles. The third-order valence-corrected chi connectivity index (χ3v) is 6.05. The quantitative estimate of drug-likeness (QED) is 0.404. The van der Waals surface area contributed by atoms with Gasteiger partial charge in [-0.05, 0) is 49.6 Å². The molecule has 1 aromatic heterocycles. The zero-order chi connectivity index (χ0) is 21.5. The monoisotopic (exact) mass is 444 g/mol. The lowest BCUT2D eigenvalue weighted by molar-refractivity contribution is -0.123. The summed E-state index contributed by atoms with van der Waals surface area (Å²) in [5.74, 6) is -1.05. The summed E-state index contributed by atoms with van der Waals surface area (Å²) >= 11 is 2.69. The van der Waals surface area contributed by atoms with Crippen LogP contribution in [0.25, 0.3) is 0 Å². The number of rotatable bonds is 6. The topological polar surface area (TPSA) is 109 Å². The van der Waals surface area contributed by atoms with Crippen molar-refractivity contribution in [3.63, 3.8) is 0 Å². The first kappa shape index (κ1) is 21.7. The molecule has 10 heteroatoms. The third-order valence-electron chi connectivity index (χ3n) is 4.00. The van der Waals surface area contributed by atoms with Crippen LogP contribution in [0.5, 0.6) is 0 Å². The highest BCUT2D eigenvalue weighted by molar-refractivity contribution is 8.15. The van der Waals surface area contributed by atoms with Crippen molar-refractivity contribution in [3.05, 3.63) is 52.2 Å². The number of benzene rings is 1. The van der Waals surface area contributed by atoms with Crippen LogP contribution in [0.4, 0.5) is 5.69 Å². The highest BCUT2D eigenvalue weighted by Gasteiger charge is 2.30. The van der Waals surface area contributed by atoms with E-state index in [-0.39, 0.29) is 23.4 Å². The van der Waals surface area contributed by atoms with Crippen molar-refractivity contribution in [1.29, 1.82) is 0 Å². The van der Waals surface area contributed by atoms with Gasteiger partial charge in [-0.1, -0.05) is 17.8 Å². The van der Waals surface area contributed by atoms with Gasteiger partial charge in [-0.15, -0.1) is 16.4 Å². The molecule has 1 aromatic carbocycles. The van der Waals surface area contributed by atoms with Crippen LogP contribution in [0.15, 0.2) is 52.0 Å². The average Bonchev–Trinajstić information content (AvgIpc) is 3.27. The van der Waals surface area contributed by atoms with Crippen molar-refractivity contribution in [2.24, 2.45) is 10.2 Å². The molecule has 8 nitrogen and oxygen atoms in total. The van der Waals surface area contributed by atoms with Gasteiger partial charge in [0.15, 0.2) is 5.17 Å².